The minimum Gasteiger partial charge on any atom is -0.496 e. The molecule has 0 aliphatic rings. The molecule has 0 unspecified atom stereocenters. The van der Waals surface area contributed by atoms with Crippen LogP contribution in [-0.2, 0) is 13.1 Å². The Kier molecular flexibility index (Phi) is 5.13. The molecule has 0 bridgehead atoms. The van der Waals surface area contributed by atoms with E-state index in [4.69, 9.17) is 15.7 Å². The number of aromatic nitrogens is 1. The maximum atomic E-state index is 8.74. The summed E-state index contributed by atoms with van der Waals surface area (Å²) in [6.07, 6.45) is 0. The number of nitrogens with zero attached hydrogens (tertiary/aromatic N) is 2. The lowest BCUT2D eigenvalue weighted by Gasteiger charge is -2.11. The highest BCUT2D eigenvalue weighted by Gasteiger charge is 2.07. The van der Waals surface area contributed by atoms with Crippen LogP contribution in [0.5, 0.6) is 5.75 Å². The van der Waals surface area contributed by atoms with Crippen molar-refractivity contribution in [2.45, 2.75) is 20.0 Å². The van der Waals surface area contributed by atoms with Crippen LogP contribution < -0.4 is 15.8 Å². The molecule has 6 nitrogen and oxygen atoms in total. The van der Waals surface area contributed by atoms with E-state index < -0.39 is 0 Å². The summed E-state index contributed by atoms with van der Waals surface area (Å²) in [4.78, 5) is 4.40. The third-order valence-corrected chi connectivity index (χ3v) is 3.91. The number of aryl methyl sites for hydroxylation is 1. The van der Waals surface area contributed by atoms with E-state index in [1.165, 1.54) is 0 Å². The van der Waals surface area contributed by atoms with Gasteiger partial charge in [0.15, 0.2) is 5.84 Å². The van der Waals surface area contributed by atoms with Crippen molar-refractivity contribution >= 4 is 17.2 Å². The van der Waals surface area contributed by atoms with Crippen molar-refractivity contribution in [3.8, 4) is 5.75 Å². The number of oxime groups is 1. The van der Waals surface area contributed by atoms with E-state index in [0.29, 0.717) is 18.7 Å². The molecule has 0 radical (unpaired) electrons. The lowest BCUT2D eigenvalue weighted by molar-refractivity contribution is 0.318. The molecular formula is C14H18N4O2S. The molecule has 1 aromatic heterocycles. The van der Waals surface area contributed by atoms with E-state index in [2.05, 4.69) is 15.5 Å². The number of thiazole rings is 1. The van der Waals surface area contributed by atoms with Crippen LogP contribution in [0.1, 0.15) is 21.8 Å². The standard InChI is InChI=1S/C14H18N4O2S/c1-9-8-21-13(17-9)7-16-6-11-5-10(14(15)18-19)3-4-12(11)20-2/h3-5,8,16,19H,6-7H2,1-2H3,(H2,15,18). The fourth-order valence-corrected chi connectivity index (χ4v) is 2.66. The lowest BCUT2D eigenvalue weighted by atomic mass is 10.1. The summed E-state index contributed by atoms with van der Waals surface area (Å²) < 4.78 is 5.32. The molecular weight excluding hydrogens is 288 g/mol. The molecule has 7 heteroatoms. The van der Waals surface area contributed by atoms with Gasteiger partial charge in [0.2, 0.25) is 0 Å². The molecule has 0 saturated carbocycles. The average Bonchev–Trinajstić information content (AvgIpc) is 2.91. The molecule has 2 rings (SSSR count). The molecule has 0 spiro atoms. The third-order valence-electron chi connectivity index (χ3n) is 2.94. The number of rotatable bonds is 6. The minimum absolute atomic E-state index is 0.0782. The molecule has 0 aliphatic heterocycles. The van der Waals surface area contributed by atoms with Gasteiger partial charge in [0.1, 0.15) is 10.8 Å². The SMILES string of the molecule is COc1ccc(/C(N)=N/O)cc1CNCc1nc(C)cs1. The van der Waals surface area contributed by atoms with Gasteiger partial charge in [-0.3, -0.25) is 0 Å². The first-order chi connectivity index (χ1) is 10.1. The number of hydrogen-bond donors (Lipinski definition) is 3. The largest absolute Gasteiger partial charge is 0.496 e. The van der Waals surface area contributed by atoms with Crippen LogP contribution in [0, 0.1) is 6.92 Å². The molecule has 1 aromatic carbocycles. The Morgan fingerprint density at radius 2 is 2.29 bits per heavy atom. The second-order valence-corrected chi connectivity index (χ2v) is 5.44. The summed E-state index contributed by atoms with van der Waals surface area (Å²) in [7, 11) is 1.62. The van der Waals surface area contributed by atoms with Gasteiger partial charge in [-0.2, -0.15) is 0 Å². The Bertz CT molecular complexity index is 640. The molecule has 0 aliphatic carbocycles. The molecule has 0 fully saturated rings. The van der Waals surface area contributed by atoms with Gasteiger partial charge in [-0.25, -0.2) is 4.98 Å². The van der Waals surface area contributed by atoms with Crippen LogP contribution in [0.15, 0.2) is 28.7 Å². The van der Waals surface area contributed by atoms with E-state index in [-0.39, 0.29) is 5.84 Å². The third kappa shape index (κ3) is 3.93. The summed E-state index contributed by atoms with van der Waals surface area (Å²) in [5.74, 6) is 0.835. The smallest absolute Gasteiger partial charge is 0.170 e. The van der Waals surface area contributed by atoms with Gasteiger partial charge in [0.05, 0.1) is 7.11 Å². The predicted molar refractivity (Wildman–Crippen MR) is 82.9 cm³/mol. The van der Waals surface area contributed by atoms with Gasteiger partial charge < -0.3 is 21.0 Å². The van der Waals surface area contributed by atoms with Crippen molar-refractivity contribution in [3.63, 3.8) is 0 Å². The average molecular weight is 306 g/mol. The molecule has 0 atom stereocenters. The number of ether oxygens (including phenoxy) is 1. The van der Waals surface area contributed by atoms with E-state index in [9.17, 15) is 0 Å². The van der Waals surface area contributed by atoms with Crippen LogP contribution in [-0.4, -0.2) is 23.1 Å². The van der Waals surface area contributed by atoms with Gasteiger partial charge >= 0.3 is 0 Å². The van der Waals surface area contributed by atoms with Crippen molar-refractivity contribution in [2.24, 2.45) is 10.9 Å². The highest BCUT2D eigenvalue weighted by Crippen LogP contribution is 2.20. The Labute approximate surface area is 127 Å². The van der Waals surface area contributed by atoms with Crippen molar-refractivity contribution in [1.82, 2.24) is 10.3 Å². The number of benzene rings is 1. The Balaban J connectivity index is 2.06. The Morgan fingerprint density at radius 3 is 2.90 bits per heavy atom. The Morgan fingerprint density at radius 1 is 1.48 bits per heavy atom. The van der Waals surface area contributed by atoms with Crippen molar-refractivity contribution < 1.29 is 9.94 Å². The fourth-order valence-electron chi connectivity index (χ4n) is 1.92. The number of nitrogens with one attached hydrogen (secondary N) is 1. The van der Waals surface area contributed by atoms with Crippen molar-refractivity contribution in [1.29, 1.82) is 0 Å². The van der Waals surface area contributed by atoms with Crippen molar-refractivity contribution in [3.05, 3.63) is 45.4 Å². The molecule has 1 heterocycles. The molecule has 0 saturated heterocycles. The van der Waals surface area contributed by atoms with Gasteiger partial charge in [0, 0.05) is 35.3 Å². The lowest BCUT2D eigenvalue weighted by Crippen LogP contribution is -2.16. The normalized spacial score (nSPS) is 11.6. The maximum absolute atomic E-state index is 8.74. The number of hydrogen-bond acceptors (Lipinski definition) is 6. The topological polar surface area (TPSA) is 92.8 Å². The first-order valence-electron chi connectivity index (χ1n) is 6.40. The Hall–Kier alpha value is -2.12. The van der Waals surface area contributed by atoms with Crippen LogP contribution >= 0.6 is 11.3 Å². The monoisotopic (exact) mass is 306 g/mol. The van der Waals surface area contributed by atoms with E-state index in [1.54, 1.807) is 30.6 Å². The first kappa shape index (κ1) is 15.3. The zero-order chi connectivity index (χ0) is 15.2. The quantitative estimate of drug-likeness (QED) is 0.328. The van der Waals surface area contributed by atoms with Gasteiger partial charge in [-0.15, -0.1) is 11.3 Å². The predicted octanol–water partition coefficient (Wildman–Crippen LogP) is 1.84. The summed E-state index contributed by atoms with van der Waals surface area (Å²) in [5, 5.41) is 18.1. The van der Waals surface area contributed by atoms with Crippen LogP contribution in [0.4, 0.5) is 0 Å². The van der Waals surface area contributed by atoms with Crippen LogP contribution in [0.2, 0.25) is 0 Å². The molecule has 21 heavy (non-hydrogen) atoms. The maximum Gasteiger partial charge on any atom is 0.170 e. The highest BCUT2D eigenvalue weighted by atomic mass is 32.1. The number of amidine groups is 1. The van der Waals surface area contributed by atoms with E-state index in [0.717, 1.165) is 22.0 Å². The van der Waals surface area contributed by atoms with Gasteiger partial charge in [0.25, 0.3) is 0 Å². The van der Waals surface area contributed by atoms with E-state index in [1.807, 2.05) is 18.4 Å². The second-order valence-electron chi connectivity index (χ2n) is 4.50. The van der Waals surface area contributed by atoms with Gasteiger partial charge in [-0.1, -0.05) is 5.16 Å². The first-order valence-corrected chi connectivity index (χ1v) is 7.28. The summed E-state index contributed by atoms with van der Waals surface area (Å²) >= 11 is 1.63. The molecule has 2 aromatic rings. The summed E-state index contributed by atoms with van der Waals surface area (Å²) in [6.45, 7) is 3.27. The molecule has 0 amide bonds. The number of methoxy groups -OCH3 is 1. The summed E-state index contributed by atoms with van der Waals surface area (Å²) in [5.41, 5.74) is 8.23. The minimum atomic E-state index is 0.0782. The second kappa shape index (κ2) is 7.05. The zero-order valence-electron chi connectivity index (χ0n) is 12.0. The van der Waals surface area contributed by atoms with Crippen molar-refractivity contribution in [2.75, 3.05) is 7.11 Å². The summed E-state index contributed by atoms with van der Waals surface area (Å²) in [6, 6.07) is 5.40. The molecule has 112 valence electrons. The van der Waals surface area contributed by atoms with Crippen LogP contribution in [0.25, 0.3) is 0 Å². The highest BCUT2D eigenvalue weighted by molar-refractivity contribution is 7.09. The fraction of sp³-hybridized carbons (Fsp3) is 0.286. The molecule has 4 N–H and O–H groups in total. The van der Waals surface area contributed by atoms with E-state index >= 15 is 0 Å². The zero-order valence-corrected chi connectivity index (χ0v) is 12.8. The number of nitrogens with two attached hydrogens (primary N) is 1. The van der Waals surface area contributed by atoms with Crippen LogP contribution in [0.3, 0.4) is 0 Å². The van der Waals surface area contributed by atoms with Gasteiger partial charge in [-0.05, 0) is 25.1 Å².